The van der Waals surface area contributed by atoms with Crippen LogP contribution in [0.3, 0.4) is 0 Å². The van der Waals surface area contributed by atoms with Gasteiger partial charge in [-0.2, -0.15) is 4.98 Å². The molecule has 2 aliphatic rings. The topological polar surface area (TPSA) is 73.6 Å². The van der Waals surface area contributed by atoms with Crippen molar-refractivity contribution >= 4 is 46.5 Å². The molecule has 30 heavy (non-hydrogen) atoms. The Hall–Kier alpha value is -3.22. The molecule has 0 radical (unpaired) electrons. The zero-order chi connectivity index (χ0) is 20.7. The Bertz CT molecular complexity index is 1190. The van der Waals surface area contributed by atoms with E-state index >= 15 is 0 Å². The Morgan fingerprint density at radius 3 is 2.87 bits per heavy atom. The summed E-state index contributed by atoms with van der Waals surface area (Å²) in [6.07, 6.45) is 3.33. The van der Waals surface area contributed by atoms with Crippen LogP contribution >= 0.6 is 11.6 Å². The zero-order valence-electron chi connectivity index (χ0n) is 16.4. The minimum absolute atomic E-state index is 0.498. The van der Waals surface area contributed by atoms with E-state index in [0.717, 1.165) is 46.1 Å². The zero-order valence-corrected chi connectivity index (χ0v) is 17.1. The molecule has 3 heterocycles. The van der Waals surface area contributed by atoms with Gasteiger partial charge < -0.3 is 15.3 Å². The molecule has 0 saturated heterocycles. The van der Waals surface area contributed by atoms with E-state index in [1.165, 1.54) is 0 Å². The van der Waals surface area contributed by atoms with Crippen molar-refractivity contribution in [2.75, 3.05) is 23.3 Å². The molecule has 0 spiro atoms. The van der Waals surface area contributed by atoms with Gasteiger partial charge in [0.25, 0.3) is 0 Å². The summed E-state index contributed by atoms with van der Waals surface area (Å²) >= 11 is 6.45. The first kappa shape index (κ1) is 18.8. The van der Waals surface area contributed by atoms with E-state index in [1.807, 2.05) is 54.7 Å². The van der Waals surface area contributed by atoms with Gasteiger partial charge in [-0.05, 0) is 36.8 Å². The number of hydrogen-bond donors (Lipinski definition) is 2. The Kier molecular flexibility index (Phi) is 4.73. The number of aliphatic imine (C=N–C) groups is 1. The number of benzene rings is 2. The lowest BCUT2D eigenvalue weighted by Crippen LogP contribution is -2.32. The third-order valence-corrected chi connectivity index (χ3v) is 5.55. The van der Waals surface area contributed by atoms with Crippen LogP contribution in [0, 0.1) is 0 Å². The fourth-order valence-corrected chi connectivity index (χ4v) is 3.99. The summed E-state index contributed by atoms with van der Waals surface area (Å²) in [7, 11) is 0. The van der Waals surface area contributed by atoms with Gasteiger partial charge in [0.05, 0.1) is 12.6 Å². The van der Waals surface area contributed by atoms with E-state index in [2.05, 4.69) is 21.3 Å². The molecule has 0 bridgehead atoms. The summed E-state index contributed by atoms with van der Waals surface area (Å²) in [5.41, 5.74) is 4.52. The molecule has 5 rings (SSSR count). The number of hydrogen-bond acceptors (Lipinski definition) is 6. The Morgan fingerprint density at radius 1 is 1.17 bits per heavy atom. The molecule has 0 amide bonds. The number of amidine groups is 1. The molecule has 0 saturated carbocycles. The third kappa shape index (κ3) is 3.34. The van der Waals surface area contributed by atoms with Crippen LogP contribution in [0.2, 0.25) is 5.02 Å². The highest BCUT2D eigenvalue weighted by atomic mass is 35.5. The van der Waals surface area contributed by atoms with Crippen molar-refractivity contribution in [2.45, 2.75) is 13.0 Å². The van der Waals surface area contributed by atoms with Crippen LogP contribution in [0.4, 0.5) is 17.5 Å². The fourth-order valence-electron chi connectivity index (χ4n) is 3.75. The molecule has 7 heteroatoms. The van der Waals surface area contributed by atoms with Crippen molar-refractivity contribution in [3.8, 4) is 0 Å². The lowest BCUT2D eigenvalue weighted by molar-refractivity contribution is 0.199. The third-order valence-electron chi connectivity index (χ3n) is 5.22. The van der Waals surface area contributed by atoms with Crippen molar-refractivity contribution in [1.82, 2.24) is 9.97 Å². The number of nitrogens with one attached hydrogen (secondary N) is 1. The average molecular weight is 418 g/mol. The lowest BCUT2D eigenvalue weighted by Gasteiger charge is -2.27. The van der Waals surface area contributed by atoms with Crippen molar-refractivity contribution in [2.24, 2.45) is 4.99 Å². The van der Waals surface area contributed by atoms with Gasteiger partial charge >= 0.3 is 0 Å². The highest BCUT2D eigenvalue weighted by Gasteiger charge is 2.31. The lowest BCUT2D eigenvalue weighted by atomic mass is 9.98. The molecule has 150 valence electrons. The number of anilines is 3. The molecule has 1 aromatic heterocycles. The first-order valence-electron chi connectivity index (χ1n) is 9.81. The maximum atomic E-state index is 9.82. The van der Waals surface area contributed by atoms with E-state index < -0.39 is 6.10 Å². The van der Waals surface area contributed by atoms with E-state index in [-0.39, 0.29) is 0 Å². The molecule has 2 N–H and O–H groups in total. The molecule has 2 aromatic carbocycles. The van der Waals surface area contributed by atoms with Gasteiger partial charge in [0.15, 0.2) is 0 Å². The number of aliphatic hydroxyl groups is 1. The average Bonchev–Trinajstić information content (AvgIpc) is 3.24. The van der Waals surface area contributed by atoms with Crippen molar-refractivity contribution in [3.63, 3.8) is 0 Å². The van der Waals surface area contributed by atoms with Gasteiger partial charge in [0.2, 0.25) is 5.95 Å². The maximum absolute atomic E-state index is 9.82. The number of rotatable bonds is 4. The minimum atomic E-state index is -0.534. The van der Waals surface area contributed by atoms with E-state index in [4.69, 9.17) is 21.6 Å². The molecule has 1 atom stereocenters. The van der Waals surface area contributed by atoms with E-state index in [0.29, 0.717) is 17.5 Å². The molecule has 0 aliphatic carbocycles. The smallest absolute Gasteiger partial charge is 0.229 e. The van der Waals surface area contributed by atoms with Crippen LogP contribution in [-0.4, -0.2) is 34.0 Å². The van der Waals surface area contributed by atoms with E-state index in [1.54, 1.807) is 6.92 Å². The van der Waals surface area contributed by atoms with Crippen LogP contribution in [-0.2, 0) is 0 Å². The predicted molar refractivity (Wildman–Crippen MR) is 121 cm³/mol. The molecule has 2 aliphatic heterocycles. The Labute approximate surface area is 179 Å². The van der Waals surface area contributed by atoms with Crippen LogP contribution in [0.15, 0.2) is 59.7 Å². The molecule has 1 unspecified atom stereocenters. The van der Waals surface area contributed by atoms with Crippen LogP contribution in [0.1, 0.15) is 29.7 Å². The summed E-state index contributed by atoms with van der Waals surface area (Å²) in [6, 6.07) is 15.4. The molecular weight excluding hydrogens is 398 g/mol. The van der Waals surface area contributed by atoms with Gasteiger partial charge in [0, 0.05) is 40.2 Å². The number of aliphatic hydroxyl groups excluding tert-OH is 1. The summed E-state index contributed by atoms with van der Waals surface area (Å²) < 4.78 is 0. The maximum Gasteiger partial charge on any atom is 0.229 e. The number of aromatic nitrogens is 2. The van der Waals surface area contributed by atoms with E-state index in [9.17, 15) is 5.11 Å². The number of nitrogens with zero attached hydrogens (tertiary/aromatic N) is 4. The normalized spacial score (nSPS) is 15.8. The second kappa shape index (κ2) is 7.55. The largest absolute Gasteiger partial charge is 0.389 e. The minimum Gasteiger partial charge on any atom is -0.389 e. The second-order valence-electron chi connectivity index (χ2n) is 7.29. The molecule has 0 fully saturated rings. The summed E-state index contributed by atoms with van der Waals surface area (Å²) in [5, 5.41) is 13.8. The van der Waals surface area contributed by atoms with Crippen LogP contribution < -0.4 is 10.2 Å². The highest BCUT2D eigenvalue weighted by Crippen LogP contribution is 2.37. The number of halogens is 1. The Balaban J connectivity index is 1.52. The van der Waals surface area contributed by atoms with Gasteiger partial charge in [-0.25, -0.2) is 4.98 Å². The summed E-state index contributed by atoms with van der Waals surface area (Å²) in [4.78, 5) is 16.1. The van der Waals surface area contributed by atoms with Crippen LogP contribution in [0.5, 0.6) is 0 Å². The van der Waals surface area contributed by atoms with Gasteiger partial charge in [-0.3, -0.25) is 4.99 Å². The number of fused-ring (bicyclic) bond motifs is 3. The van der Waals surface area contributed by atoms with Gasteiger partial charge in [0.1, 0.15) is 11.7 Å². The first-order valence-corrected chi connectivity index (χ1v) is 10.2. The molecule has 6 nitrogen and oxygen atoms in total. The SMILES string of the molecule is CC(O)c1cccc(Nc2ncc3c(n2)N2CCN=C2C(c2ccccc2Cl)=C3)c1. The van der Waals surface area contributed by atoms with Gasteiger partial charge in [-0.15, -0.1) is 0 Å². The highest BCUT2D eigenvalue weighted by molar-refractivity contribution is 6.40. The summed E-state index contributed by atoms with van der Waals surface area (Å²) in [6.45, 7) is 3.21. The predicted octanol–water partition coefficient (Wildman–Crippen LogP) is 4.70. The van der Waals surface area contributed by atoms with Crippen molar-refractivity contribution in [1.29, 1.82) is 0 Å². The Morgan fingerprint density at radius 2 is 2.03 bits per heavy atom. The second-order valence-corrected chi connectivity index (χ2v) is 7.70. The standard InChI is InChI=1S/C23H20ClN5O/c1-14(30)15-5-4-6-17(11-15)27-23-26-13-16-12-19(18-7-2-3-8-20(18)24)22-25-9-10-29(22)21(16)28-23/h2-8,11-14,30H,9-10H2,1H3,(H,26,27,28). The van der Waals surface area contributed by atoms with Crippen molar-refractivity contribution < 1.29 is 5.11 Å². The quantitative estimate of drug-likeness (QED) is 0.643. The summed E-state index contributed by atoms with van der Waals surface area (Å²) in [5.74, 6) is 2.21. The van der Waals surface area contributed by atoms with Crippen LogP contribution in [0.25, 0.3) is 11.6 Å². The van der Waals surface area contributed by atoms with Gasteiger partial charge in [-0.1, -0.05) is 41.9 Å². The van der Waals surface area contributed by atoms with Crippen molar-refractivity contribution in [3.05, 3.63) is 76.4 Å². The fraction of sp³-hybridized carbons (Fsp3) is 0.174. The molecular formula is C23H20ClN5O. The molecule has 3 aromatic rings. The first-order chi connectivity index (χ1) is 14.6. The monoisotopic (exact) mass is 417 g/mol.